The van der Waals surface area contributed by atoms with Crippen molar-refractivity contribution in [2.75, 3.05) is 0 Å². The van der Waals surface area contributed by atoms with Crippen molar-refractivity contribution in [3.8, 4) is 0 Å². The summed E-state index contributed by atoms with van der Waals surface area (Å²) < 4.78 is 0. The molecule has 0 aromatic carbocycles. The predicted octanol–water partition coefficient (Wildman–Crippen LogP) is 1.11. The maximum absolute atomic E-state index is 7.94. The lowest BCUT2D eigenvalue weighted by Gasteiger charge is -1.93. The van der Waals surface area contributed by atoms with Gasteiger partial charge in [0.15, 0.2) is 0 Å². The van der Waals surface area contributed by atoms with Gasteiger partial charge in [0.2, 0.25) is 0 Å². The molecule has 1 atom stereocenters. The van der Waals surface area contributed by atoms with Gasteiger partial charge in [-0.1, -0.05) is 6.92 Å². The molecular formula is C4H8OS. The van der Waals surface area contributed by atoms with Crippen molar-refractivity contribution in [1.82, 2.24) is 0 Å². The third kappa shape index (κ3) is 4.31. The highest BCUT2D eigenvalue weighted by Crippen LogP contribution is 1.98. The van der Waals surface area contributed by atoms with Gasteiger partial charge < -0.3 is 5.11 Å². The van der Waals surface area contributed by atoms with E-state index in [4.69, 9.17) is 5.11 Å². The Labute approximate surface area is 43.8 Å². The minimum Gasteiger partial charge on any atom is -0.384 e. The lowest BCUT2D eigenvalue weighted by Crippen LogP contribution is -1.88. The van der Waals surface area contributed by atoms with Crippen LogP contribution in [0.15, 0.2) is 0 Å². The molecule has 0 aliphatic carbocycles. The second kappa shape index (κ2) is 3.50. The van der Waals surface area contributed by atoms with Crippen molar-refractivity contribution < 1.29 is 5.11 Å². The molecule has 0 aliphatic heterocycles. The molecule has 6 heavy (non-hydrogen) atoms. The maximum Gasteiger partial charge on any atom is 0.129 e. The normalized spacial score (nSPS) is 14.5. The number of hydrogen-bond acceptors (Lipinski definition) is 2. The van der Waals surface area contributed by atoms with E-state index in [1.807, 2.05) is 13.5 Å². The molecule has 0 amide bonds. The van der Waals surface area contributed by atoms with E-state index in [2.05, 4.69) is 12.6 Å². The molecule has 0 saturated carbocycles. The molecule has 0 rings (SSSR count). The largest absolute Gasteiger partial charge is 0.384 e. The first-order valence-electron chi connectivity index (χ1n) is 1.82. The first kappa shape index (κ1) is 6.31. The molecule has 2 radical (unpaired) electrons. The van der Waals surface area contributed by atoms with Crippen LogP contribution < -0.4 is 0 Å². The Morgan fingerprint density at radius 1 is 2.00 bits per heavy atom. The highest BCUT2D eigenvalue weighted by atomic mass is 32.1. The number of thiol groups is 1. The van der Waals surface area contributed by atoms with Gasteiger partial charge in [-0.05, 0) is 6.42 Å². The Kier molecular flexibility index (Phi) is 3.68. The lowest BCUT2D eigenvalue weighted by molar-refractivity contribution is 0.375. The van der Waals surface area contributed by atoms with Crippen molar-refractivity contribution in [2.45, 2.75) is 18.6 Å². The van der Waals surface area contributed by atoms with E-state index in [1.54, 1.807) is 0 Å². The van der Waals surface area contributed by atoms with Crippen molar-refractivity contribution in [3.63, 3.8) is 0 Å². The topological polar surface area (TPSA) is 20.2 Å². The highest BCUT2D eigenvalue weighted by Gasteiger charge is 1.89. The molecule has 0 saturated heterocycles. The monoisotopic (exact) mass is 104 g/mol. The summed E-state index contributed by atoms with van der Waals surface area (Å²) in [5, 5.41) is 8.17. The summed E-state index contributed by atoms with van der Waals surface area (Å²) in [4.78, 5) is 0. The zero-order valence-electron chi connectivity index (χ0n) is 3.68. The molecule has 1 N–H and O–H groups in total. The van der Waals surface area contributed by atoms with Crippen molar-refractivity contribution in [3.05, 3.63) is 6.61 Å². The van der Waals surface area contributed by atoms with Crippen LogP contribution in [-0.4, -0.2) is 10.4 Å². The molecule has 0 bridgehead atoms. The van der Waals surface area contributed by atoms with Crippen LogP contribution in [0.1, 0.15) is 13.3 Å². The molecule has 36 valence electrons. The summed E-state index contributed by atoms with van der Waals surface area (Å²) in [6.45, 7) is 3.89. The minimum absolute atomic E-state index is 0.231. The molecule has 0 aliphatic rings. The third-order valence-electron chi connectivity index (χ3n) is 0.387. The smallest absolute Gasteiger partial charge is 0.129 e. The van der Waals surface area contributed by atoms with Crippen LogP contribution in [0, 0.1) is 6.61 Å². The summed E-state index contributed by atoms with van der Waals surface area (Å²) in [5.41, 5.74) is 0. The molecular weight excluding hydrogens is 96.1 g/mol. The Bertz CT molecular complexity index is 28.7. The average Bonchev–Trinajstić information content (AvgIpc) is 1.35. The molecule has 0 aromatic heterocycles. The Balaban J connectivity index is 2.63. The van der Waals surface area contributed by atoms with Gasteiger partial charge in [0, 0.05) is 5.25 Å². The second-order valence-electron chi connectivity index (χ2n) is 1.21. The molecule has 2 heteroatoms. The van der Waals surface area contributed by atoms with Gasteiger partial charge in [0.1, 0.15) is 6.61 Å². The first-order chi connectivity index (χ1) is 2.77. The maximum atomic E-state index is 7.94. The summed E-state index contributed by atoms with van der Waals surface area (Å²) in [5.74, 6) is 0. The molecule has 1 nitrogen and oxygen atoms in total. The van der Waals surface area contributed by atoms with Gasteiger partial charge in [-0.25, -0.2) is 0 Å². The summed E-state index contributed by atoms with van der Waals surface area (Å²) in [7, 11) is 0. The standard InChI is InChI=1S/C4H8OS/c1-4(6)2-3-5/h4-6H,2H2,1H3. The molecule has 0 spiro atoms. The van der Waals surface area contributed by atoms with E-state index in [9.17, 15) is 0 Å². The molecule has 0 fully saturated rings. The van der Waals surface area contributed by atoms with E-state index < -0.39 is 0 Å². The Hall–Kier alpha value is 0.310. The van der Waals surface area contributed by atoms with Crippen molar-refractivity contribution in [2.24, 2.45) is 0 Å². The van der Waals surface area contributed by atoms with Crippen LogP contribution in [0.5, 0.6) is 0 Å². The van der Waals surface area contributed by atoms with Gasteiger partial charge >= 0.3 is 0 Å². The van der Waals surface area contributed by atoms with E-state index in [0.717, 1.165) is 0 Å². The van der Waals surface area contributed by atoms with Crippen LogP contribution in [0.25, 0.3) is 0 Å². The van der Waals surface area contributed by atoms with E-state index in [1.165, 1.54) is 0 Å². The first-order valence-corrected chi connectivity index (χ1v) is 2.34. The van der Waals surface area contributed by atoms with Crippen molar-refractivity contribution in [1.29, 1.82) is 0 Å². The number of aliphatic hydroxyl groups is 1. The third-order valence-corrected chi connectivity index (χ3v) is 0.569. The van der Waals surface area contributed by atoms with E-state index in [-0.39, 0.29) is 5.25 Å². The lowest BCUT2D eigenvalue weighted by atomic mass is 10.4. The SMILES string of the molecule is CC(S)C[C]O. The number of aliphatic hydroxyl groups excluding tert-OH is 1. The fourth-order valence-electron chi connectivity index (χ4n) is 0.132. The molecule has 0 heterocycles. The molecule has 1 unspecified atom stereocenters. The number of rotatable bonds is 2. The van der Waals surface area contributed by atoms with Crippen molar-refractivity contribution >= 4 is 12.6 Å². The fourth-order valence-corrected chi connectivity index (χ4v) is 0.214. The van der Waals surface area contributed by atoms with Crippen LogP contribution in [0.3, 0.4) is 0 Å². The van der Waals surface area contributed by atoms with Gasteiger partial charge in [-0.3, -0.25) is 0 Å². The number of hydrogen-bond donors (Lipinski definition) is 2. The quantitative estimate of drug-likeness (QED) is 0.503. The zero-order chi connectivity index (χ0) is 4.99. The van der Waals surface area contributed by atoms with Crippen LogP contribution in [0.2, 0.25) is 0 Å². The zero-order valence-corrected chi connectivity index (χ0v) is 4.57. The van der Waals surface area contributed by atoms with Crippen LogP contribution in [-0.2, 0) is 0 Å². The Morgan fingerprint density at radius 3 is 2.50 bits per heavy atom. The summed E-state index contributed by atoms with van der Waals surface area (Å²) in [6, 6.07) is 0. The fraction of sp³-hybridized carbons (Fsp3) is 0.750. The van der Waals surface area contributed by atoms with E-state index >= 15 is 0 Å². The highest BCUT2D eigenvalue weighted by molar-refractivity contribution is 7.80. The summed E-state index contributed by atoms with van der Waals surface area (Å²) in [6.07, 6.45) is 0.545. The predicted molar refractivity (Wildman–Crippen MR) is 28.2 cm³/mol. The Morgan fingerprint density at radius 2 is 2.50 bits per heavy atom. The second-order valence-corrected chi connectivity index (χ2v) is 2.09. The van der Waals surface area contributed by atoms with Gasteiger partial charge in [-0.15, -0.1) is 0 Å². The van der Waals surface area contributed by atoms with Crippen LogP contribution >= 0.6 is 12.6 Å². The minimum atomic E-state index is 0.231. The van der Waals surface area contributed by atoms with Gasteiger partial charge in [-0.2, -0.15) is 12.6 Å². The van der Waals surface area contributed by atoms with Gasteiger partial charge in [0.05, 0.1) is 0 Å². The average molecular weight is 104 g/mol. The van der Waals surface area contributed by atoms with Gasteiger partial charge in [0.25, 0.3) is 0 Å². The molecule has 0 aromatic rings. The summed E-state index contributed by atoms with van der Waals surface area (Å²) >= 11 is 3.96. The van der Waals surface area contributed by atoms with Crippen LogP contribution in [0.4, 0.5) is 0 Å². The van der Waals surface area contributed by atoms with E-state index in [0.29, 0.717) is 6.42 Å².